The molecule has 23 heavy (non-hydrogen) atoms. The standard InChI is InChI=1S/C16H17ClN2O4/c1-16(10-18,11-2-3-11)19-14(20)8-23-15(21)9-22-13-6-4-12(17)5-7-13/h4-7,11H,2-3,8-9H2,1H3,(H,19,20)/t16-/m1/s1. The first-order chi connectivity index (χ1) is 10.9. The smallest absolute Gasteiger partial charge is 0.344 e. The lowest BCUT2D eigenvalue weighted by molar-refractivity contribution is -0.150. The van der Waals surface area contributed by atoms with Crippen molar-refractivity contribution in [3.63, 3.8) is 0 Å². The van der Waals surface area contributed by atoms with Gasteiger partial charge in [0, 0.05) is 5.02 Å². The Morgan fingerprint density at radius 3 is 2.57 bits per heavy atom. The van der Waals surface area contributed by atoms with E-state index in [4.69, 9.17) is 26.3 Å². The first kappa shape index (κ1) is 17.1. The fourth-order valence-electron chi connectivity index (χ4n) is 2.07. The summed E-state index contributed by atoms with van der Waals surface area (Å²) in [5, 5.41) is 12.3. The molecule has 7 heteroatoms. The van der Waals surface area contributed by atoms with Crippen molar-refractivity contribution in [2.24, 2.45) is 5.92 Å². The predicted molar refractivity (Wildman–Crippen MR) is 82.8 cm³/mol. The molecule has 0 bridgehead atoms. The van der Waals surface area contributed by atoms with Gasteiger partial charge in [-0.1, -0.05) is 11.6 Å². The van der Waals surface area contributed by atoms with Crippen molar-refractivity contribution in [3.05, 3.63) is 29.3 Å². The molecule has 1 N–H and O–H groups in total. The molecular formula is C16H17ClN2O4. The second-order valence-corrected chi connectivity index (χ2v) is 5.98. The van der Waals surface area contributed by atoms with Crippen LogP contribution in [-0.4, -0.2) is 30.6 Å². The highest BCUT2D eigenvalue weighted by Crippen LogP contribution is 2.39. The van der Waals surface area contributed by atoms with Crippen molar-refractivity contribution in [2.45, 2.75) is 25.3 Å². The van der Waals surface area contributed by atoms with Crippen molar-refractivity contribution >= 4 is 23.5 Å². The number of carbonyl (C=O) groups excluding carboxylic acids is 2. The number of hydrogen-bond acceptors (Lipinski definition) is 5. The van der Waals surface area contributed by atoms with Gasteiger partial charge in [0.1, 0.15) is 11.3 Å². The molecule has 1 aliphatic carbocycles. The van der Waals surface area contributed by atoms with E-state index < -0.39 is 24.0 Å². The number of benzene rings is 1. The van der Waals surface area contributed by atoms with E-state index in [0.29, 0.717) is 10.8 Å². The van der Waals surface area contributed by atoms with Crippen LogP contribution in [0.4, 0.5) is 0 Å². The van der Waals surface area contributed by atoms with Crippen LogP contribution in [0.1, 0.15) is 19.8 Å². The number of nitrogens with zero attached hydrogens (tertiary/aromatic N) is 1. The maximum absolute atomic E-state index is 11.8. The predicted octanol–water partition coefficient (Wildman–Crippen LogP) is 2.07. The van der Waals surface area contributed by atoms with Crippen molar-refractivity contribution in [3.8, 4) is 11.8 Å². The first-order valence-corrected chi connectivity index (χ1v) is 7.57. The number of amides is 1. The summed E-state index contributed by atoms with van der Waals surface area (Å²) in [4.78, 5) is 23.3. The molecule has 0 unspecified atom stereocenters. The van der Waals surface area contributed by atoms with Gasteiger partial charge >= 0.3 is 5.97 Å². The number of halogens is 1. The highest BCUT2D eigenvalue weighted by atomic mass is 35.5. The van der Waals surface area contributed by atoms with Gasteiger partial charge in [-0.15, -0.1) is 0 Å². The molecule has 1 aromatic rings. The van der Waals surface area contributed by atoms with Gasteiger partial charge in [0.05, 0.1) is 6.07 Å². The van der Waals surface area contributed by atoms with E-state index in [1.54, 1.807) is 31.2 Å². The van der Waals surface area contributed by atoms with Crippen LogP contribution in [0.25, 0.3) is 0 Å². The molecule has 1 aromatic carbocycles. The van der Waals surface area contributed by atoms with Crippen LogP contribution in [0, 0.1) is 17.2 Å². The minimum absolute atomic E-state index is 0.167. The third kappa shape index (κ3) is 5.15. The van der Waals surface area contributed by atoms with Crippen molar-refractivity contribution in [2.75, 3.05) is 13.2 Å². The summed E-state index contributed by atoms with van der Waals surface area (Å²) in [5.74, 6) is -0.525. The Labute approximate surface area is 139 Å². The normalized spacial score (nSPS) is 15.9. The van der Waals surface area contributed by atoms with Crippen LogP contribution in [0.15, 0.2) is 24.3 Å². The largest absolute Gasteiger partial charge is 0.482 e. The molecular weight excluding hydrogens is 320 g/mol. The summed E-state index contributed by atoms with van der Waals surface area (Å²) in [7, 11) is 0. The number of nitrogens with one attached hydrogen (secondary N) is 1. The molecule has 0 aliphatic heterocycles. The first-order valence-electron chi connectivity index (χ1n) is 7.19. The fraction of sp³-hybridized carbons (Fsp3) is 0.438. The topological polar surface area (TPSA) is 88.4 Å². The van der Waals surface area contributed by atoms with Gasteiger partial charge in [-0.25, -0.2) is 4.79 Å². The van der Waals surface area contributed by atoms with Crippen LogP contribution in [-0.2, 0) is 14.3 Å². The maximum atomic E-state index is 11.8. The number of rotatable bonds is 7. The Morgan fingerprint density at radius 2 is 2.00 bits per heavy atom. The summed E-state index contributed by atoms with van der Waals surface area (Å²) in [5.41, 5.74) is -0.900. The number of ether oxygens (including phenoxy) is 2. The van der Waals surface area contributed by atoms with E-state index in [-0.39, 0.29) is 12.5 Å². The maximum Gasteiger partial charge on any atom is 0.344 e. The van der Waals surface area contributed by atoms with Crippen LogP contribution in [0.3, 0.4) is 0 Å². The molecule has 2 rings (SSSR count). The summed E-state index contributed by atoms with van der Waals surface area (Å²) >= 11 is 5.74. The second-order valence-electron chi connectivity index (χ2n) is 5.54. The van der Waals surface area contributed by atoms with Gasteiger partial charge in [-0.05, 0) is 49.9 Å². The van der Waals surface area contributed by atoms with E-state index in [9.17, 15) is 9.59 Å². The van der Waals surface area contributed by atoms with Gasteiger partial charge in [0.15, 0.2) is 13.2 Å². The molecule has 1 aliphatic rings. The third-order valence-corrected chi connectivity index (χ3v) is 3.81. The second kappa shape index (κ2) is 7.34. The highest BCUT2D eigenvalue weighted by Gasteiger charge is 2.43. The van der Waals surface area contributed by atoms with Crippen LogP contribution in [0.5, 0.6) is 5.75 Å². The molecule has 6 nitrogen and oxygen atoms in total. The molecule has 0 heterocycles. The zero-order valence-corrected chi connectivity index (χ0v) is 13.4. The third-order valence-electron chi connectivity index (χ3n) is 3.56. The highest BCUT2D eigenvalue weighted by molar-refractivity contribution is 6.30. The number of esters is 1. The lowest BCUT2D eigenvalue weighted by Crippen LogP contribution is -2.48. The average molecular weight is 337 g/mol. The van der Waals surface area contributed by atoms with E-state index in [1.807, 2.05) is 0 Å². The van der Waals surface area contributed by atoms with Crippen LogP contribution in [0.2, 0.25) is 5.02 Å². The number of nitriles is 1. The molecule has 122 valence electrons. The zero-order chi connectivity index (χ0) is 16.9. The molecule has 0 saturated heterocycles. The van der Waals surface area contributed by atoms with Gasteiger partial charge < -0.3 is 14.8 Å². The Balaban J connectivity index is 1.70. The SMILES string of the molecule is C[C@](C#N)(NC(=O)COC(=O)COc1ccc(Cl)cc1)C1CC1. The zero-order valence-electron chi connectivity index (χ0n) is 12.7. The summed E-state index contributed by atoms with van der Waals surface area (Å²) in [6.45, 7) is 0.924. The molecule has 1 fully saturated rings. The molecule has 0 aromatic heterocycles. The molecule has 0 spiro atoms. The van der Waals surface area contributed by atoms with E-state index in [0.717, 1.165) is 12.8 Å². The van der Waals surface area contributed by atoms with Crippen LogP contribution < -0.4 is 10.1 Å². The summed E-state index contributed by atoms with van der Waals surface area (Å²) in [6.07, 6.45) is 1.83. The Hall–Kier alpha value is -2.26. The van der Waals surface area contributed by atoms with E-state index >= 15 is 0 Å². The molecule has 1 atom stereocenters. The monoisotopic (exact) mass is 336 g/mol. The van der Waals surface area contributed by atoms with E-state index in [2.05, 4.69) is 11.4 Å². The summed E-state index contributed by atoms with van der Waals surface area (Å²) < 4.78 is 10.0. The minimum atomic E-state index is -0.900. The minimum Gasteiger partial charge on any atom is -0.482 e. The Morgan fingerprint density at radius 1 is 1.35 bits per heavy atom. The lowest BCUT2D eigenvalue weighted by atomic mass is 9.98. The van der Waals surface area contributed by atoms with Gasteiger partial charge in [0.25, 0.3) is 5.91 Å². The lowest BCUT2D eigenvalue weighted by Gasteiger charge is -2.22. The Bertz CT molecular complexity index is 622. The van der Waals surface area contributed by atoms with Gasteiger partial charge in [-0.2, -0.15) is 5.26 Å². The number of carbonyl (C=O) groups is 2. The van der Waals surface area contributed by atoms with Crippen molar-refractivity contribution in [1.82, 2.24) is 5.32 Å². The van der Waals surface area contributed by atoms with E-state index in [1.165, 1.54) is 0 Å². The van der Waals surface area contributed by atoms with Crippen molar-refractivity contribution < 1.29 is 19.1 Å². The van der Waals surface area contributed by atoms with Gasteiger partial charge in [0.2, 0.25) is 0 Å². The van der Waals surface area contributed by atoms with Crippen molar-refractivity contribution in [1.29, 1.82) is 5.26 Å². The van der Waals surface area contributed by atoms with Crippen LogP contribution >= 0.6 is 11.6 Å². The Kier molecular flexibility index (Phi) is 5.45. The number of hydrogen-bond donors (Lipinski definition) is 1. The average Bonchev–Trinajstić information content (AvgIpc) is 3.37. The quantitative estimate of drug-likeness (QED) is 0.770. The van der Waals surface area contributed by atoms with Gasteiger partial charge in [-0.3, -0.25) is 4.79 Å². The molecule has 1 saturated carbocycles. The summed E-state index contributed by atoms with van der Waals surface area (Å²) in [6, 6.07) is 8.62. The molecule has 0 radical (unpaired) electrons. The molecule has 1 amide bonds. The fourth-order valence-corrected chi connectivity index (χ4v) is 2.19.